The molecule has 0 spiro atoms. The molecule has 0 aromatic heterocycles. The second-order valence-electron chi connectivity index (χ2n) is 7.76. The molecule has 0 bridgehead atoms. The number of rotatable bonds is 6. The molecule has 0 unspecified atom stereocenters. The fourth-order valence-electron chi connectivity index (χ4n) is 4.13. The lowest BCUT2D eigenvalue weighted by molar-refractivity contribution is 0.101. The molecule has 3 nitrogen and oxygen atoms in total. The summed E-state index contributed by atoms with van der Waals surface area (Å²) < 4.78 is 0. The van der Waals surface area contributed by atoms with Gasteiger partial charge in [0.15, 0.2) is 5.78 Å². The first kappa shape index (κ1) is 19.4. The molecule has 4 rings (SSSR count). The highest BCUT2D eigenvalue weighted by atomic mass is 16.1. The second kappa shape index (κ2) is 9.06. The minimum atomic E-state index is 0.120. The molecule has 29 heavy (non-hydrogen) atoms. The van der Waals surface area contributed by atoms with Crippen LogP contribution in [0, 0.1) is 0 Å². The number of anilines is 1. The number of hydrogen-bond donors (Lipinski definition) is 0. The van der Waals surface area contributed by atoms with Crippen LogP contribution in [0.25, 0.3) is 0 Å². The van der Waals surface area contributed by atoms with E-state index in [0.29, 0.717) is 5.92 Å². The predicted octanol–water partition coefficient (Wildman–Crippen LogP) is 4.84. The fourth-order valence-corrected chi connectivity index (χ4v) is 4.13. The minimum Gasteiger partial charge on any atom is -0.369 e. The standard InChI is InChI=1S/C26H28N2O/c1-21(29)22-12-14-25(15-13-22)28-18-16-27(17-19-28)20-26(23-8-4-2-5-9-23)24-10-6-3-7-11-24/h2-15,26H,16-20H2,1H3. The van der Waals surface area contributed by atoms with Gasteiger partial charge in [0.05, 0.1) is 0 Å². The van der Waals surface area contributed by atoms with Crippen molar-refractivity contribution < 1.29 is 4.79 Å². The molecule has 0 amide bonds. The van der Waals surface area contributed by atoms with E-state index in [0.717, 1.165) is 38.3 Å². The number of Topliss-reactive ketones (excluding diaryl/α,β-unsaturated/α-hetero) is 1. The maximum Gasteiger partial charge on any atom is 0.159 e. The summed E-state index contributed by atoms with van der Waals surface area (Å²) in [6.45, 7) is 6.76. The van der Waals surface area contributed by atoms with E-state index in [2.05, 4.69) is 82.6 Å². The van der Waals surface area contributed by atoms with Crippen molar-refractivity contribution in [3.63, 3.8) is 0 Å². The molecule has 0 N–H and O–H groups in total. The van der Waals surface area contributed by atoms with Gasteiger partial charge in [-0.15, -0.1) is 0 Å². The second-order valence-corrected chi connectivity index (χ2v) is 7.76. The molecule has 3 heteroatoms. The Labute approximate surface area is 173 Å². The van der Waals surface area contributed by atoms with Crippen LogP contribution in [0.5, 0.6) is 0 Å². The number of carbonyl (C=O) groups excluding carboxylic acids is 1. The molecule has 1 saturated heterocycles. The maximum atomic E-state index is 11.5. The van der Waals surface area contributed by atoms with E-state index in [1.807, 2.05) is 12.1 Å². The molecule has 1 aliphatic rings. The van der Waals surface area contributed by atoms with Gasteiger partial charge in [-0.25, -0.2) is 0 Å². The average molecular weight is 385 g/mol. The van der Waals surface area contributed by atoms with Gasteiger partial charge in [-0.05, 0) is 42.3 Å². The lowest BCUT2D eigenvalue weighted by Crippen LogP contribution is -2.47. The number of nitrogens with zero attached hydrogens (tertiary/aromatic N) is 2. The normalized spacial score (nSPS) is 14.9. The van der Waals surface area contributed by atoms with Crippen LogP contribution in [0.3, 0.4) is 0 Å². The van der Waals surface area contributed by atoms with Gasteiger partial charge in [-0.2, -0.15) is 0 Å². The number of carbonyl (C=O) groups is 1. The zero-order valence-electron chi connectivity index (χ0n) is 17.0. The van der Waals surface area contributed by atoms with Gasteiger partial charge in [0.1, 0.15) is 0 Å². The van der Waals surface area contributed by atoms with Gasteiger partial charge in [0.25, 0.3) is 0 Å². The lowest BCUT2D eigenvalue weighted by atomic mass is 9.90. The molecule has 148 valence electrons. The summed E-state index contributed by atoms with van der Waals surface area (Å²) in [5.74, 6) is 0.507. The lowest BCUT2D eigenvalue weighted by Gasteiger charge is -2.38. The molecule has 1 heterocycles. The summed E-state index contributed by atoms with van der Waals surface area (Å²) in [5.41, 5.74) is 4.74. The highest BCUT2D eigenvalue weighted by Gasteiger charge is 2.22. The van der Waals surface area contributed by atoms with Crippen LogP contribution >= 0.6 is 0 Å². The van der Waals surface area contributed by atoms with E-state index < -0.39 is 0 Å². The molecule has 0 atom stereocenters. The molecular weight excluding hydrogens is 356 g/mol. The van der Waals surface area contributed by atoms with Gasteiger partial charge in [-0.3, -0.25) is 9.69 Å². The van der Waals surface area contributed by atoms with Crippen molar-refractivity contribution in [1.29, 1.82) is 0 Å². The summed E-state index contributed by atoms with van der Waals surface area (Å²) in [6.07, 6.45) is 0. The van der Waals surface area contributed by atoms with Gasteiger partial charge in [0, 0.05) is 49.9 Å². The SMILES string of the molecule is CC(=O)c1ccc(N2CCN(CC(c3ccccc3)c3ccccc3)CC2)cc1. The van der Waals surface area contributed by atoms with Crippen molar-refractivity contribution in [3.8, 4) is 0 Å². The van der Waals surface area contributed by atoms with Crippen LogP contribution in [-0.4, -0.2) is 43.4 Å². The van der Waals surface area contributed by atoms with E-state index in [4.69, 9.17) is 0 Å². The Morgan fingerprint density at radius 2 is 1.28 bits per heavy atom. The Kier molecular flexibility index (Phi) is 6.06. The van der Waals surface area contributed by atoms with Crippen LogP contribution in [0.15, 0.2) is 84.9 Å². The molecular formula is C26H28N2O. The highest BCUT2D eigenvalue weighted by Crippen LogP contribution is 2.26. The Balaban J connectivity index is 1.42. The summed E-state index contributed by atoms with van der Waals surface area (Å²) in [5, 5.41) is 0. The average Bonchev–Trinajstić information content (AvgIpc) is 2.79. The fraction of sp³-hybridized carbons (Fsp3) is 0.269. The van der Waals surface area contributed by atoms with Crippen LogP contribution in [0.4, 0.5) is 5.69 Å². The van der Waals surface area contributed by atoms with Gasteiger partial charge in [0.2, 0.25) is 0 Å². The molecule has 3 aromatic carbocycles. The third-order valence-electron chi connectivity index (χ3n) is 5.86. The van der Waals surface area contributed by atoms with Crippen molar-refractivity contribution in [2.45, 2.75) is 12.8 Å². The molecule has 1 fully saturated rings. The van der Waals surface area contributed by atoms with E-state index in [-0.39, 0.29) is 5.78 Å². The monoisotopic (exact) mass is 384 g/mol. The molecule has 0 aliphatic carbocycles. The maximum absolute atomic E-state index is 11.5. The third-order valence-corrected chi connectivity index (χ3v) is 5.86. The first-order valence-corrected chi connectivity index (χ1v) is 10.4. The minimum absolute atomic E-state index is 0.120. The van der Waals surface area contributed by atoms with E-state index in [9.17, 15) is 4.79 Å². The third kappa shape index (κ3) is 4.75. The summed E-state index contributed by atoms with van der Waals surface area (Å²) in [6, 6.07) is 29.7. The molecule has 0 saturated carbocycles. The quantitative estimate of drug-likeness (QED) is 0.568. The zero-order valence-corrected chi connectivity index (χ0v) is 17.0. The number of piperazine rings is 1. The summed E-state index contributed by atoms with van der Waals surface area (Å²) >= 11 is 0. The Morgan fingerprint density at radius 1 is 0.759 bits per heavy atom. The van der Waals surface area contributed by atoms with Crippen LogP contribution in [0.2, 0.25) is 0 Å². The van der Waals surface area contributed by atoms with E-state index in [1.165, 1.54) is 16.8 Å². The van der Waals surface area contributed by atoms with Crippen molar-refractivity contribution in [3.05, 3.63) is 102 Å². The van der Waals surface area contributed by atoms with Gasteiger partial charge >= 0.3 is 0 Å². The topological polar surface area (TPSA) is 23.6 Å². The Morgan fingerprint density at radius 3 is 1.76 bits per heavy atom. The van der Waals surface area contributed by atoms with Crippen molar-refractivity contribution in [1.82, 2.24) is 4.90 Å². The number of benzene rings is 3. The van der Waals surface area contributed by atoms with Crippen molar-refractivity contribution in [2.75, 3.05) is 37.6 Å². The summed E-state index contributed by atoms with van der Waals surface area (Å²) in [7, 11) is 0. The van der Waals surface area contributed by atoms with Crippen molar-refractivity contribution >= 4 is 11.5 Å². The Hall–Kier alpha value is -2.91. The largest absolute Gasteiger partial charge is 0.369 e. The first-order valence-electron chi connectivity index (χ1n) is 10.4. The van der Waals surface area contributed by atoms with Crippen LogP contribution in [0.1, 0.15) is 34.3 Å². The molecule has 0 radical (unpaired) electrons. The van der Waals surface area contributed by atoms with Gasteiger partial charge in [-0.1, -0.05) is 60.7 Å². The number of hydrogen-bond acceptors (Lipinski definition) is 3. The predicted molar refractivity (Wildman–Crippen MR) is 120 cm³/mol. The smallest absolute Gasteiger partial charge is 0.159 e. The van der Waals surface area contributed by atoms with E-state index >= 15 is 0 Å². The highest BCUT2D eigenvalue weighted by molar-refractivity contribution is 5.94. The number of ketones is 1. The Bertz CT molecular complexity index is 874. The van der Waals surface area contributed by atoms with E-state index in [1.54, 1.807) is 6.92 Å². The molecule has 1 aliphatic heterocycles. The summed E-state index contributed by atoms with van der Waals surface area (Å²) in [4.78, 5) is 16.5. The first-order chi connectivity index (χ1) is 14.2. The molecule has 3 aromatic rings. The van der Waals surface area contributed by atoms with Crippen molar-refractivity contribution in [2.24, 2.45) is 0 Å². The van der Waals surface area contributed by atoms with Crippen LogP contribution in [-0.2, 0) is 0 Å². The van der Waals surface area contributed by atoms with Crippen LogP contribution < -0.4 is 4.90 Å². The zero-order chi connectivity index (χ0) is 20.1. The van der Waals surface area contributed by atoms with Gasteiger partial charge < -0.3 is 4.90 Å².